The molecule has 0 bridgehead atoms. The molecule has 0 amide bonds. The Balaban J connectivity index is 4.35. The maximum absolute atomic E-state index is 10.4. The summed E-state index contributed by atoms with van der Waals surface area (Å²) in [5.74, 6) is -1.87. The van der Waals surface area contributed by atoms with Gasteiger partial charge in [0.25, 0.3) is 0 Å². The van der Waals surface area contributed by atoms with Gasteiger partial charge in [-0.25, -0.2) is 9.36 Å². The molecule has 0 rings (SSSR count). The number of carboxylic acid groups (broad SMARTS) is 1. The van der Waals surface area contributed by atoms with E-state index in [0.29, 0.717) is 0 Å². The second-order valence-electron chi connectivity index (χ2n) is 2.60. The molecule has 0 spiro atoms. The Morgan fingerprint density at radius 3 is 1.92 bits per heavy atom. The summed E-state index contributed by atoms with van der Waals surface area (Å²) in [4.78, 5) is 27.0. The molecule has 0 aliphatic carbocycles. The SMILES string of the molecule is CC(C)C(OP(=O)(O)O)C(=O)O. The smallest absolute Gasteiger partial charge is 0.470 e. The summed E-state index contributed by atoms with van der Waals surface area (Å²) in [6.07, 6.45) is -1.47. The van der Waals surface area contributed by atoms with Crippen LogP contribution in [-0.4, -0.2) is 27.0 Å². The second kappa shape index (κ2) is 4.00. The summed E-state index contributed by atoms with van der Waals surface area (Å²) in [5, 5.41) is 8.44. The standard InChI is InChI=1S/C5H11O6P/c1-3(2)4(5(6)7)11-12(8,9)10/h3-4H,1-2H3,(H,6,7)(H2,8,9,10). The highest BCUT2D eigenvalue weighted by atomic mass is 31.2. The van der Waals surface area contributed by atoms with E-state index in [1.807, 2.05) is 0 Å². The molecular weight excluding hydrogens is 187 g/mol. The van der Waals surface area contributed by atoms with Crippen molar-refractivity contribution in [1.29, 1.82) is 0 Å². The van der Waals surface area contributed by atoms with Crippen molar-refractivity contribution in [3.05, 3.63) is 0 Å². The number of carbonyl (C=O) groups is 1. The van der Waals surface area contributed by atoms with Crippen molar-refractivity contribution in [2.24, 2.45) is 5.92 Å². The van der Waals surface area contributed by atoms with Crippen LogP contribution in [0.5, 0.6) is 0 Å². The van der Waals surface area contributed by atoms with Gasteiger partial charge >= 0.3 is 13.8 Å². The van der Waals surface area contributed by atoms with Gasteiger partial charge < -0.3 is 14.9 Å². The molecule has 7 heteroatoms. The third-order valence-electron chi connectivity index (χ3n) is 1.10. The molecule has 0 aromatic heterocycles. The van der Waals surface area contributed by atoms with Crippen molar-refractivity contribution in [2.45, 2.75) is 20.0 Å². The fraction of sp³-hybridized carbons (Fsp3) is 0.800. The normalized spacial score (nSPS) is 14.8. The van der Waals surface area contributed by atoms with Crippen LogP contribution in [0.25, 0.3) is 0 Å². The maximum atomic E-state index is 10.4. The first-order valence-corrected chi connectivity index (χ1v) is 4.74. The van der Waals surface area contributed by atoms with E-state index in [0.717, 1.165) is 0 Å². The molecule has 0 saturated heterocycles. The van der Waals surface area contributed by atoms with Crippen molar-refractivity contribution >= 4 is 13.8 Å². The van der Waals surface area contributed by atoms with Crippen molar-refractivity contribution < 1.29 is 28.8 Å². The molecule has 0 saturated carbocycles. The third kappa shape index (κ3) is 4.46. The van der Waals surface area contributed by atoms with E-state index in [2.05, 4.69) is 4.52 Å². The molecule has 3 N–H and O–H groups in total. The van der Waals surface area contributed by atoms with Crippen molar-refractivity contribution in [3.63, 3.8) is 0 Å². The molecule has 0 fully saturated rings. The fourth-order valence-corrected chi connectivity index (χ4v) is 1.23. The van der Waals surface area contributed by atoms with Gasteiger partial charge in [-0.3, -0.25) is 4.52 Å². The predicted molar refractivity (Wildman–Crippen MR) is 39.4 cm³/mol. The van der Waals surface area contributed by atoms with Crippen molar-refractivity contribution in [2.75, 3.05) is 0 Å². The zero-order chi connectivity index (χ0) is 9.94. The Bertz CT molecular complexity index is 206. The first-order chi connectivity index (χ1) is 5.24. The molecule has 1 unspecified atom stereocenters. The number of hydrogen-bond acceptors (Lipinski definition) is 3. The van der Waals surface area contributed by atoms with E-state index in [1.165, 1.54) is 13.8 Å². The number of aliphatic carboxylic acids is 1. The van der Waals surface area contributed by atoms with Crippen LogP contribution < -0.4 is 0 Å². The van der Waals surface area contributed by atoms with Crippen LogP contribution in [0.4, 0.5) is 0 Å². The minimum atomic E-state index is -4.71. The van der Waals surface area contributed by atoms with Gasteiger partial charge in [0, 0.05) is 0 Å². The zero-order valence-corrected chi connectivity index (χ0v) is 7.56. The number of phosphoric ester groups is 1. The van der Waals surface area contributed by atoms with Gasteiger partial charge in [-0.05, 0) is 5.92 Å². The predicted octanol–water partition coefficient (Wildman–Crippen LogP) is 0.205. The summed E-state index contributed by atoms with van der Waals surface area (Å²) in [6.45, 7) is 2.99. The van der Waals surface area contributed by atoms with Crippen LogP contribution in [-0.2, 0) is 13.9 Å². The van der Waals surface area contributed by atoms with Crippen molar-refractivity contribution in [3.8, 4) is 0 Å². The summed E-state index contributed by atoms with van der Waals surface area (Å²) >= 11 is 0. The molecule has 0 aliphatic heterocycles. The summed E-state index contributed by atoms with van der Waals surface area (Å²) in [5.41, 5.74) is 0. The van der Waals surface area contributed by atoms with Gasteiger partial charge in [-0.1, -0.05) is 13.8 Å². The molecule has 0 aromatic rings. The lowest BCUT2D eigenvalue weighted by atomic mass is 10.1. The van der Waals surface area contributed by atoms with E-state index < -0.39 is 25.8 Å². The van der Waals surface area contributed by atoms with Gasteiger partial charge in [0.1, 0.15) is 0 Å². The summed E-state index contributed by atoms with van der Waals surface area (Å²) in [6, 6.07) is 0. The average Bonchev–Trinajstić information content (AvgIpc) is 1.79. The molecule has 72 valence electrons. The van der Waals surface area contributed by atoms with Crippen LogP contribution in [0.15, 0.2) is 0 Å². The Morgan fingerprint density at radius 1 is 1.42 bits per heavy atom. The zero-order valence-electron chi connectivity index (χ0n) is 6.67. The minimum absolute atomic E-state index is 0.491. The first kappa shape index (κ1) is 11.6. The van der Waals surface area contributed by atoms with Crippen LogP contribution in [0.1, 0.15) is 13.8 Å². The second-order valence-corrected chi connectivity index (χ2v) is 3.79. The highest BCUT2D eigenvalue weighted by Gasteiger charge is 2.30. The molecular formula is C5H11O6P. The average molecular weight is 198 g/mol. The van der Waals surface area contributed by atoms with Crippen LogP contribution in [0.3, 0.4) is 0 Å². The molecule has 0 radical (unpaired) electrons. The third-order valence-corrected chi connectivity index (χ3v) is 1.60. The lowest BCUT2D eigenvalue weighted by molar-refractivity contribution is -0.148. The first-order valence-electron chi connectivity index (χ1n) is 3.21. The largest absolute Gasteiger partial charge is 0.479 e. The number of carboxylic acids is 1. The highest BCUT2D eigenvalue weighted by Crippen LogP contribution is 2.39. The fourth-order valence-electron chi connectivity index (χ4n) is 0.600. The maximum Gasteiger partial charge on any atom is 0.470 e. The number of hydrogen-bond donors (Lipinski definition) is 3. The number of phosphoric acid groups is 1. The van der Waals surface area contributed by atoms with Gasteiger partial charge in [0.05, 0.1) is 0 Å². The quantitative estimate of drug-likeness (QED) is 0.557. The van der Waals surface area contributed by atoms with Crippen LogP contribution in [0.2, 0.25) is 0 Å². The van der Waals surface area contributed by atoms with E-state index in [-0.39, 0.29) is 0 Å². The van der Waals surface area contributed by atoms with E-state index >= 15 is 0 Å². The Labute approximate surface area is 69.4 Å². The molecule has 0 aromatic carbocycles. The molecule has 6 nitrogen and oxygen atoms in total. The monoisotopic (exact) mass is 198 g/mol. The van der Waals surface area contributed by atoms with Crippen LogP contribution in [0, 0.1) is 5.92 Å². The lowest BCUT2D eigenvalue weighted by Gasteiger charge is -2.16. The van der Waals surface area contributed by atoms with Crippen molar-refractivity contribution in [1.82, 2.24) is 0 Å². The topological polar surface area (TPSA) is 104 Å². The van der Waals surface area contributed by atoms with E-state index in [1.54, 1.807) is 0 Å². The van der Waals surface area contributed by atoms with Gasteiger partial charge in [-0.15, -0.1) is 0 Å². The van der Waals surface area contributed by atoms with Gasteiger partial charge in [-0.2, -0.15) is 0 Å². The van der Waals surface area contributed by atoms with Gasteiger partial charge in [0.2, 0.25) is 0 Å². The molecule has 0 heterocycles. The minimum Gasteiger partial charge on any atom is -0.479 e. The molecule has 12 heavy (non-hydrogen) atoms. The Hall–Kier alpha value is -0.420. The summed E-state index contributed by atoms with van der Waals surface area (Å²) in [7, 11) is -4.71. The number of rotatable bonds is 4. The van der Waals surface area contributed by atoms with Gasteiger partial charge in [0.15, 0.2) is 6.10 Å². The highest BCUT2D eigenvalue weighted by molar-refractivity contribution is 7.46. The Morgan fingerprint density at radius 2 is 1.83 bits per heavy atom. The summed E-state index contributed by atoms with van der Waals surface area (Å²) < 4.78 is 14.3. The Kier molecular flexibility index (Phi) is 3.86. The lowest BCUT2D eigenvalue weighted by Crippen LogP contribution is -2.28. The molecule has 1 atom stereocenters. The molecule has 0 aliphatic rings. The van der Waals surface area contributed by atoms with E-state index in [4.69, 9.17) is 14.9 Å². The van der Waals surface area contributed by atoms with Crippen LogP contribution >= 0.6 is 7.82 Å². The van der Waals surface area contributed by atoms with E-state index in [9.17, 15) is 9.36 Å².